The molecule has 4 rings (SSSR count). The molecule has 0 aliphatic heterocycles. The van der Waals surface area contributed by atoms with Crippen LogP contribution in [0.2, 0.25) is 0 Å². The van der Waals surface area contributed by atoms with Crippen molar-refractivity contribution in [2.24, 2.45) is 0 Å². The highest BCUT2D eigenvalue weighted by atomic mass is 31.1. The average Bonchev–Trinajstić information content (AvgIpc) is 2.81. The summed E-state index contributed by atoms with van der Waals surface area (Å²) in [4.78, 5) is 7.70. The lowest BCUT2D eigenvalue weighted by molar-refractivity contribution is 0.310. The second-order valence-electron chi connectivity index (χ2n) is 9.22. The van der Waals surface area contributed by atoms with Crippen LogP contribution in [0.3, 0.4) is 0 Å². The van der Waals surface area contributed by atoms with E-state index in [-0.39, 0.29) is 7.92 Å². The van der Waals surface area contributed by atoms with E-state index in [0.717, 1.165) is 23.4 Å². The topological polar surface area (TPSA) is 39.9 Å². The maximum absolute atomic E-state index is 9.26. The van der Waals surface area contributed by atoms with Crippen molar-refractivity contribution in [3.63, 3.8) is 0 Å². The Kier molecular flexibility index (Phi) is 7.75. The third kappa shape index (κ3) is 5.04. The van der Waals surface area contributed by atoms with Crippen LogP contribution < -0.4 is 0 Å². The Morgan fingerprint density at radius 2 is 1.60 bits per heavy atom. The number of rotatable bonds is 7. The molecule has 0 bridgehead atoms. The summed E-state index contributed by atoms with van der Waals surface area (Å²) in [6.45, 7) is 0.841. The molecule has 0 N–H and O–H groups in total. The van der Waals surface area contributed by atoms with Gasteiger partial charge in [0, 0.05) is 18.4 Å². The number of benzene rings is 1. The van der Waals surface area contributed by atoms with Crippen molar-refractivity contribution in [3.05, 3.63) is 42.1 Å². The Morgan fingerprint density at radius 3 is 2.23 bits per heavy atom. The van der Waals surface area contributed by atoms with Gasteiger partial charge < -0.3 is 0 Å². The fourth-order valence-corrected chi connectivity index (χ4v) is 9.97. The third-order valence-electron chi connectivity index (χ3n) is 7.15. The summed E-state index contributed by atoms with van der Waals surface area (Å²) >= 11 is 0. The Morgan fingerprint density at radius 1 is 0.967 bits per heavy atom. The van der Waals surface area contributed by atoms with Gasteiger partial charge in [0.2, 0.25) is 0 Å². The first kappa shape index (κ1) is 21.7. The van der Waals surface area contributed by atoms with E-state index in [1.807, 2.05) is 0 Å². The standard InChI is InChI=1S/C26H36N3P/c1-29(20-10-19-27)26(25-18-17-21-11-8-9-16-24(21)28-25)30(22-12-4-2-5-13-22)23-14-6-3-7-15-23/h8-9,11,16-18,22-23,26H,2-7,10,12-15,20H2,1H3. The van der Waals surface area contributed by atoms with Crippen LogP contribution in [-0.2, 0) is 0 Å². The van der Waals surface area contributed by atoms with E-state index >= 15 is 0 Å². The first-order chi connectivity index (χ1) is 14.8. The van der Waals surface area contributed by atoms with E-state index < -0.39 is 0 Å². The highest BCUT2D eigenvalue weighted by Crippen LogP contribution is 2.65. The molecule has 0 saturated heterocycles. The molecular formula is C26H36N3P. The molecule has 30 heavy (non-hydrogen) atoms. The minimum atomic E-state index is -0.194. The monoisotopic (exact) mass is 421 g/mol. The molecule has 2 saturated carbocycles. The lowest BCUT2D eigenvalue weighted by Gasteiger charge is -2.45. The van der Waals surface area contributed by atoms with Crippen LogP contribution in [0.1, 0.15) is 82.1 Å². The van der Waals surface area contributed by atoms with Gasteiger partial charge in [0.1, 0.15) is 0 Å². The maximum atomic E-state index is 9.26. The molecule has 3 nitrogen and oxygen atoms in total. The van der Waals surface area contributed by atoms with Gasteiger partial charge in [-0.05, 0) is 56.2 Å². The maximum Gasteiger partial charge on any atom is 0.0723 e. The van der Waals surface area contributed by atoms with Gasteiger partial charge in [-0.25, -0.2) is 0 Å². The van der Waals surface area contributed by atoms with Crippen molar-refractivity contribution in [1.82, 2.24) is 9.88 Å². The summed E-state index contributed by atoms with van der Waals surface area (Å²) in [5, 5.41) is 10.5. The molecule has 1 aromatic carbocycles. The number of para-hydroxylation sites is 1. The van der Waals surface area contributed by atoms with Gasteiger partial charge in [-0.2, -0.15) is 5.26 Å². The normalized spacial score (nSPS) is 19.9. The molecule has 1 aromatic heterocycles. The highest BCUT2D eigenvalue weighted by molar-refractivity contribution is 7.59. The third-order valence-corrected chi connectivity index (χ3v) is 11.1. The van der Waals surface area contributed by atoms with E-state index in [4.69, 9.17) is 4.98 Å². The van der Waals surface area contributed by atoms with Crippen LogP contribution in [-0.4, -0.2) is 34.8 Å². The average molecular weight is 422 g/mol. The molecule has 0 spiro atoms. The Hall–Kier alpha value is -1.49. The van der Waals surface area contributed by atoms with Gasteiger partial charge in [0.25, 0.3) is 0 Å². The van der Waals surface area contributed by atoms with E-state index in [1.165, 1.54) is 75.3 Å². The summed E-state index contributed by atoms with van der Waals surface area (Å²) in [7, 11) is 2.06. The van der Waals surface area contributed by atoms with Crippen LogP contribution in [0.4, 0.5) is 0 Å². The summed E-state index contributed by atoms with van der Waals surface area (Å²) in [5.74, 6) is 0.379. The van der Waals surface area contributed by atoms with Crippen LogP contribution in [0.25, 0.3) is 10.9 Å². The van der Waals surface area contributed by atoms with Crippen molar-refractivity contribution in [2.75, 3.05) is 13.6 Å². The molecule has 4 heteroatoms. The van der Waals surface area contributed by atoms with E-state index in [1.54, 1.807) is 0 Å². The van der Waals surface area contributed by atoms with Crippen LogP contribution in [0, 0.1) is 11.3 Å². The first-order valence-electron chi connectivity index (χ1n) is 12.0. The van der Waals surface area contributed by atoms with Crippen LogP contribution in [0.5, 0.6) is 0 Å². The van der Waals surface area contributed by atoms with Gasteiger partial charge in [-0.3, -0.25) is 9.88 Å². The van der Waals surface area contributed by atoms with Gasteiger partial charge in [0.15, 0.2) is 0 Å². The number of fused-ring (bicyclic) bond motifs is 1. The first-order valence-corrected chi connectivity index (χ1v) is 13.5. The van der Waals surface area contributed by atoms with Gasteiger partial charge in [-0.1, -0.05) is 70.7 Å². The smallest absolute Gasteiger partial charge is 0.0723 e. The largest absolute Gasteiger partial charge is 0.293 e. The molecule has 0 amide bonds. The summed E-state index contributed by atoms with van der Waals surface area (Å²) < 4.78 is 0. The van der Waals surface area contributed by atoms with Crippen molar-refractivity contribution < 1.29 is 0 Å². The zero-order valence-corrected chi connectivity index (χ0v) is 19.4. The number of aromatic nitrogens is 1. The SMILES string of the molecule is CN(CCC#N)C(c1ccc2ccccc2n1)P(C1CCCCC1)C1CCCCC1. The van der Waals surface area contributed by atoms with Crippen LogP contribution in [0.15, 0.2) is 36.4 Å². The van der Waals surface area contributed by atoms with Crippen molar-refractivity contribution in [2.45, 2.75) is 87.7 Å². The van der Waals surface area contributed by atoms with Gasteiger partial charge >= 0.3 is 0 Å². The second kappa shape index (κ2) is 10.7. The molecule has 2 fully saturated rings. The Bertz CT molecular complexity index is 831. The number of pyridine rings is 1. The summed E-state index contributed by atoms with van der Waals surface area (Å²) in [5.41, 5.74) is 4.08. The zero-order valence-electron chi connectivity index (χ0n) is 18.5. The minimum Gasteiger partial charge on any atom is -0.293 e. The van der Waals surface area contributed by atoms with Crippen molar-refractivity contribution in [3.8, 4) is 6.07 Å². The summed E-state index contributed by atoms with van der Waals surface area (Å²) in [6.07, 6.45) is 14.6. The van der Waals surface area contributed by atoms with Crippen LogP contribution >= 0.6 is 7.92 Å². The molecule has 1 heterocycles. The van der Waals surface area contributed by atoms with E-state index in [0.29, 0.717) is 12.2 Å². The number of hydrogen-bond donors (Lipinski definition) is 0. The number of nitrogens with zero attached hydrogens (tertiary/aromatic N) is 3. The predicted molar refractivity (Wildman–Crippen MR) is 128 cm³/mol. The molecule has 2 aliphatic rings. The molecule has 160 valence electrons. The fraction of sp³-hybridized carbons (Fsp3) is 0.615. The molecule has 1 atom stereocenters. The molecule has 2 aliphatic carbocycles. The molecular weight excluding hydrogens is 385 g/mol. The second-order valence-corrected chi connectivity index (χ2v) is 12.1. The molecule has 1 unspecified atom stereocenters. The predicted octanol–water partition coefficient (Wildman–Crippen LogP) is 7.23. The zero-order chi connectivity index (χ0) is 20.8. The lowest BCUT2D eigenvalue weighted by atomic mass is 9.99. The number of nitriles is 1. The summed E-state index contributed by atoms with van der Waals surface area (Å²) in [6, 6.07) is 15.4. The van der Waals surface area contributed by atoms with Gasteiger partial charge in [0.05, 0.1) is 23.1 Å². The minimum absolute atomic E-state index is 0.194. The van der Waals surface area contributed by atoms with E-state index in [2.05, 4.69) is 54.4 Å². The molecule has 0 radical (unpaired) electrons. The van der Waals surface area contributed by atoms with Crippen molar-refractivity contribution >= 4 is 18.8 Å². The Labute approximate surface area is 183 Å². The van der Waals surface area contributed by atoms with Crippen molar-refractivity contribution in [1.29, 1.82) is 5.26 Å². The van der Waals surface area contributed by atoms with Gasteiger partial charge in [-0.15, -0.1) is 0 Å². The number of hydrogen-bond acceptors (Lipinski definition) is 3. The Balaban J connectivity index is 1.74. The van der Waals surface area contributed by atoms with E-state index in [9.17, 15) is 5.26 Å². The quantitative estimate of drug-likeness (QED) is 0.443. The fourth-order valence-electron chi connectivity index (χ4n) is 5.64. The lowest BCUT2D eigenvalue weighted by Crippen LogP contribution is -2.32. The molecule has 2 aromatic rings. The highest BCUT2D eigenvalue weighted by Gasteiger charge is 2.39.